The van der Waals surface area contributed by atoms with Crippen molar-refractivity contribution in [3.8, 4) is 5.75 Å². The average molecular weight is 290 g/mol. The number of carbonyl (C=O) groups is 1. The lowest BCUT2D eigenvalue weighted by atomic mass is 9.82. The van der Waals surface area contributed by atoms with Crippen LogP contribution in [-0.2, 0) is 4.79 Å². The van der Waals surface area contributed by atoms with Gasteiger partial charge in [0.1, 0.15) is 12.4 Å². The van der Waals surface area contributed by atoms with Gasteiger partial charge in [-0.2, -0.15) is 0 Å². The predicted octanol–water partition coefficient (Wildman–Crippen LogP) is 2.27. The van der Waals surface area contributed by atoms with Crippen molar-refractivity contribution in [2.24, 2.45) is 5.41 Å². The number of carbonyl (C=O) groups excluding carboxylic acids is 1. The van der Waals surface area contributed by atoms with Crippen LogP contribution in [0.1, 0.15) is 32.3 Å². The summed E-state index contributed by atoms with van der Waals surface area (Å²) < 4.78 is 5.71. The molecule has 0 bridgehead atoms. The Morgan fingerprint density at radius 2 is 2.14 bits per heavy atom. The molecule has 2 unspecified atom stereocenters. The van der Waals surface area contributed by atoms with Gasteiger partial charge >= 0.3 is 0 Å². The summed E-state index contributed by atoms with van der Waals surface area (Å²) in [6.07, 6.45) is 2.00. The zero-order valence-electron chi connectivity index (χ0n) is 13.2. The molecule has 2 N–H and O–H groups in total. The summed E-state index contributed by atoms with van der Waals surface area (Å²) in [5.41, 5.74) is 0.914. The second kappa shape index (κ2) is 6.94. The molecule has 1 heterocycles. The van der Waals surface area contributed by atoms with Gasteiger partial charge in [0, 0.05) is 6.54 Å². The van der Waals surface area contributed by atoms with Gasteiger partial charge in [-0.05, 0) is 52.3 Å². The lowest BCUT2D eigenvalue weighted by Gasteiger charge is -2.33. The second-order valence-electron chi connectivity index (χ2n) is 6.34. The highest BCUT2D eigenvalue weighted by Crippen LogP contribution is 2.25. The molecule has 2 atom stereocenters. The maximum Gasteiger partial charge on any atom is 0.227 e. The molecule has 0 radical (unpaired) electrons. The summed E-state index contributed by atoms with van der Waals surface area (Å²) in [6, 6.07) is 7.95. The first-order chi connectivity index (χ1) is 9.99. The van der Waals surface area contributed by atoms with Gasteiger partial charge in [0.2, 0.25) is 5.91 Å². The Labute approximate surface area is 127 Å². The molecule has 4 heteroatoms. The van der Waals surface area contributed by atoms with Crippen molar-refractivity contribution in [1.29, 1.82) is 0 Å². The molecule has 0 saturated carbocycles. The van der Waals surface area contributed by atoms with E-state index in [2.05, 4.69) is 10.6 Å². The van der Waals surface area contributed by atoms with Crippen molar-refractivity contribution in [1.82, 2.24) is 10.6 Å². The van der Waals surface area contributed by atoms with E-state index in [0.717, 1.165) is 31.7 Å². The molecule has 1 saturated heterocycles. The van der Waals surface area contributed by atoms with Crippen LogP contribution < -0.4 is 15.4 Å². The Hall–Kier alpha value is -1.55. The van der Waals surface area contributed by atoms with Gasteiger partial charge < -0.3 is 15.4 Å². The molecule has 21 heavy (non-hydrogen) atoms. The zero-order chi connectivity index (χ0) is 15.3. The quantitative estimate of drug-likeness (QED) is 0.874. The van der Waals surface area contributed by atoms with Gasteiger partial charge in [-0.3, -0.25) is 4.79 Å². The fourth-order valence-electron chi connectivity index (χ4n) is 2.55. The summed E-state index contributed by atoms with van der Waals surface area (Å²) in [6.45, 7) is 8.30. The third-order valence-electron chi connectivity index (χ3n) is 4.04. The molecular weight excluding hydrogens is 264 g/mol. The monoisotopic (exact) mass is 290 g/mol. The molecule has 1 fully saturated rings. The molecule has 1 aromatic rings. The normalized spacial score (nSPS) is 23.4. The average Bonchev–Trinajstić information content (AvgIpc) is 2.47. The van der Waals surface area contributed by atoms with Crippen molar-refractivity contribution in [2.75, 3.05) is 19.7 Å². The van der Waals surface area contributed by atoms with Crippen molar-refractivity contribution in [3.63, 3.8) is 0 Å². The van der Waals surface area contributed by atoms with Crippen LogP contribution in [0.4, 0.5) is 0 Å². The third kappa shape index (κ3) is 4.46. The zero-order valence-corrected chi connectivity index (χ0v) is 13.2. The van der Waals surface area contributed by atoms with Crippen LogP contribution >= 0.6 is 0 Å². The summed E-state index contributed by atoms with van der Waals surface area (Å²) in [4.78, 5) is 12.4. The number of ether oxygens (including phenoxy) is 1. The number of amides is 1. The van der Waals surface area contributed by atoms with Crippen LogP contribution in [0.5, 0.6) is 5.75 Å². The predicted molar refractivity (Wildman–Crippen MR) is 84.5 cm³/mol. The molecule has 2 rings (SSSR count). The number of hydrogen-bond donors (Lipinski definition) is 2. The van der Waals surface area contributed by atoms with Crippen molar-refractivity contribution in [2.45, 2.75) is 39.7 Å². The van der Waals surface area contributed by atoms with Crippen LogP contribution in [0, 0.1) is 12.3 Å². The van der Waals surface area contributed by atoms with E-state index in [4.69, 9.17) is 4.74 Å². The Balaban J connectivity index is 1.79. The fraction of sp³-hybridized carbons (Fsp3) is 0.588. The molecule has 1 aliphatic heterocycles. The minimum Gasteiger partial charge on any atom is -0.491 e. The Bertz CT molecular complexity index is 464. The van der Waals surface area contributed by atoms with Gasteiger partial charge in [-0.15, -0.1) is 0 Å². The van der Waals surface area contributed by atoms with Gasteiger partial charge in [0.25, 0.3) is 0 Å². The standard InChI is InChI=1S/C17H26N2O2/c1-13-5-7-15(8-6-13)21-11-14(2)19-16(20)17(3)9-4-10-18-12-17/h5-8,14,18H,4,9-12H2,1-3H3,(H,19,20). The fourth-order valence-corrected chi connectivity index (χ4v) is 2.55. The molecule has 0 spiro atoms. The number of benzene rings is 1. The second-order valence-corrected chi connectivity index (χ2v) is 6.34. The SMILES string of the molecule is Cc1ccc(OCC(C)NC(=O)C2(C)CCCNC2)cc1. The van der Waals surface area contributed by atoms with Gasteiger partial charge in [0.15, 0.2) is 0 Å². The largest absolute Gasteiger partial charge is 0.491 e. The summed E-state index contributed by atoms with van der Waals surface area (Å²) in [5.74, 6) is 0.960. The van der Waals surface area contributed by atoms with Crippen molar-refractivity contribution >= 4 is 5.91 Å². The minimum absolute atomic E-state index is 0.00226. The van der Waals surface area contributed by atoms with Gasteiger partial charge in [0.05, 0.1) is 11.5 Å². The maximum absolute atomic E-state index is 12.4. The summed E-state index contributed by atoms with van der Waals surface area (Å²) >= 11 is 0. The topological polar surface area (TPSA) is 50.4 Å². The highest BCUT2D eigenvalue weighted by atomic mass is 16.5. The summed E-state index contributed by atoms with van der Waals surface area (Å²) in [5, 5.41) is 6.37. The lowest BCUT2D eigenvalue weighted by molar-refractivity contribution is -0.131. The third-order valence-corrected chi connectivity index (χ3v) is 4.04. The molecule has 116 valence electrons. The first kappa shape index (κ1) is 15.8. The first-order valence-electron chi connectivity index (χ1n) is 7.71. The molecule has 1 aromatic carbocycles. The van der Waals surface area contributed by atoms with Gasteiger partial charge in [-0.25, -0.2) is 0 Å². The molecule has 1 aliphatic rings. The Morgan fingerprint density at radius 1 is 1.43 bits per heavy atom. The van der Waals surface area contributed by atoms with E-state index in [1.165, 1.54) is 5.56 Å². The molecule has 4 nitrogen and oxygen atoms in total. The van der Waals surface area contributed by atoms with Crippen LogP contribution in [0.25, 0.3) is 0 Å². The van der Waals surface area contributed by atoms with E-state index in [0.29, 0.717) is 6.61 Å². The van der Waals surface area contributed by atoms with E-state index in [1.807, 2.05) is 45.0 Å². The molecular formula is C17H26N2O2. The molecule has 0 aliphatic carbocycles. The van der Waals surface area contributed by atoms with E-state index >= 15 is 0 Å². The van der Waals surface area contributed by atoms with E-state index in [9.17, 15) is 4.79 Å². The van der Waals surface area contributed by atoms with Crippen LogP contribution in [0.3, 0.4) is 0 Å². The number of rotatable bonds is 5. The smallest absolute Gasteiger partial charge is 0.227 e. The van der Waals surface area contributed by atoms with Crippen molar-refractivity contribution < 1.29 is 9.53 Å². The highest BCUT2D eigenvalue weighted by molar-refractivity contribution is 5.82. The molecule has 0 aromatic heterocycles. The number of aryl methyl sites for hydroxylation is 1. The number of piperidine rings is 1. The minimum atomic E-state index is -0.295. The molecule has 1 amide bonds. The van der Waals surface area contributed by atoms with E-state index in [-0.39, 0.29) is 17.4 Å². The first-order valence-corrected chi connectivity index (χ1v) is 7.71. The lowest BCUT2D eigenvalue weighted by Crippen LogP contribution is -2.51. The van der Waals surface area contributed by atoms with E-state index < -0.39 is 0 Å². The highest BCUT2D eigenvalue weighted by Gasteiger charge is 2.35. The van der Waals surface area contributed by atoms with Crippen LogP contribution in [0.15, 0.2) is 24.3 Å². The maximum atomic E-state index is 12.4. The van der Waals surface area contributed by atoms with Crippen LogP contribution in [-0.4, -0.2) is 31.6 Å². The van der Waals surface area contributed by atoms with Crippen molar-refractivity contribution in [3.05, 3.63) is 29.8 Å². The summed E-state index contributed by atoms with van der Waals surface area (Å²) in [7, 11) is 0. The Kier molecular flexibility index (Phi) is 5.23. The number of hydrogen-bond acceptors (Lipinski definition) is 3. The Morgan fingerprint density at radius 3 is 2.76 bits per heavy atom. The van der Waals surface area contributed by atoms with Gasteiger partial charge in [-0.1, -0.05) is 17.7 Å². The van der Waals surface area contributed by atoms with E-state index in [1.54, 1.807) is 0 Å². The van der Waals surface area contributed by atoms with Crippen LogP contribution in [0.2, 0.25) is 0 Å². The number of nitrogens with one attached hydrogen (secondary N) is 2.